The van der Waals surface area contributed by atoms with Gasteiger partial charge in [0.05, 0.1) is 18.8 Å². The average Bonchev–Trinajstić information content (AvgIpc) is 2.73. The SMILES string of the molecule is CN(CCc1ccncc1)c1ccc(C(=O)NCCN2CCOCC2)cn1. The first-order valence-corrected chi connectivity index (χ1v) is 9.37. The number of carbonyl (C=O) groups excluding carboxylic acids is 1. The van der Waals surface area contributed by atoms with E-state index in [1.54, 1.807) is 18.6 Å². The Hall–Kier alpha value is -2.51. The molecule has 1 fully saturated rings. The fourth-order valence-corrected chi connectivity index (χ4v) is 2.96. The van der Waals surface area contributed by atoms with Crippen LogP contribution in [0.2, 0.25) is 0 Å². The van der Waals surface area contributed by atoms with Gasteiger partial charge in [0.25, 0.3) is 5.91 Å². The molecule has 3 heterocycles. The Morgan fingerprint density at radius 1 is 1.22 bits per heavy atom. The van der Waals surface area contributed by atoms with Crippen molar-refractivity contribution in [2.24, 2.45) is 0 Å². The third kappa shape index (κ3) is 6.01. The molecule has 144 valence electrons. The molecule has 1 aliphatic rings. The number of ether oxygens (including phenoxy) is 1. The summed E-state index contributed by atoms with van der Waals surface area (Å²) in [6, 6.07) is 7.76. The summed E-state index contributed by atoms with van der Waals surface area (Å²) in [6.07, 6.45) is 6.17. The summed E-state index contributed by atoms with van der Waals surface area (Å²) in [5, 5.41) is 2.96. The van der Waals surface area contributed by atoms with E-state index in [4.69, 9.17) is 4.74 Å². The van der Waals surface area contributed by atoms with Crippen LogP contribution in [0, 0.1) is 0 Å². The lowest BCUT2D eigenvalue weighted by Gasteiger charge is -2.26. The van der Waals surface area contributed by atoms with Crippen molar-refractivity contribution < 1.29 is 9.53 Å². The van der Waals surface area contributed by atoms with E-state index in [-0.39, 0.29) is 5.91 Å². The highest BCUT2D eigenvalue weighted by atomic mass is 16.5. The third-order valence-corrected chi connectivity index (χ3v) is 4.70. The largest absolute Gasteiger partial charge is 0.379 e. The highest BCUT2D eigenvalue weighted by Gasteiger charge is 2.11. The monoisotopic (exact) mass is 369 g/mol. The molecule has 1 amide bonds. The minimum absolute atomic E-state index is 0.0817. The van der Waals surface area contributed by atoms with Gasteiger partial charge in [-0.05, 0) is 36.2 Å². The maximum absolute atomic E-state index is 12.3. The van der Waals surface area contributed by atoms with E-state index in [1.807, 2.05) is 31.3 Å². The Morgan fingerprint density at radius 3 is 2.70 bits per heavy atom. The number of hydrogen-bond acceptors (Lipinski definition) is 6. The number of nitrogens with zero attached hydrogens (tertiary/aromatic N) is 4. The molecule has 0 saturated carbocycles. The molecular formula is C20H27N5O2. The van der Waals surface area contributed by atoms with Crippen molar-refractivity contribution in [3.8, 4) is 0 Å². The number of nitrogens with one attached hydrogen (secondary N) is 1. The van der Waals surface area contributed by atoms with Gasteiger partial charge in [0.2, 0.25) is 0 Å². The molecule has 0 unspecified atom stereocenters. The van der Waals surface area contributed by atoms with E-state index in [9.17, 15) is 4.79 Å². The molecular weight excluding hydrogens is 342 g/mol. The highest BCUT2D eigenvalue weighted by molar-refractivity contribution is 5.94. The van der Waals surface area contributed by atoms with Crippen molar-refractivity contribution >= 4 is 11.7 Å². The predicted octanol–water partition coefficient (Wildman–Crippen LogP) is 1.22. The minimum atomic E-state index is -0.0817. The van der Waals surface area contributed by atoms with Gasteiger partial charge < -0.3 is 15.0 Å². The molecule has 1 N–H and O–H groups in total. The van der Waals surface area contributed by atoms with Crippen LogP contribution in [-0.4, -0.2) is 73.8 Å². The van der Waals surface area contributed by atoms with Crippen molar-refractivity contribution in [2.75, 3.05) is 57.9 Å². The zero-order valence-corrected chi connectivity index (χ0v) is 15.8. The van der Waals surface area contributed by atoms with E-state index in [2.05, 4.69) is 25.1 Å². The quantitative estimate of drug-likeness (QED) is 0.754. The Kier molecular flexibility index (Phi) is 7.12. The number of aromatic nitrogens is 2. The molecule has 0 spiro atoms. The molecule has 7 nitrogen and oxygen atoms in total. The van der Waals surface area contributed by atoms with E-state index in [0.29, 0.717) is 12.1 Å². The van der Waals surface area contributed by atoms with Crippen LogP contribution in [0.4, 0.5) is 5.82 Å². The smallest absolute Gasteiger partial charge is 0.252 e. The lowest BCUT2D eigenvalue weighted by atomic mass is 10.2. The summed E-state index contributed by atoms with van der Waals surface area (Å²) >= 11 is 0. The molecule has 2 aromatic heterocycles. The predicted molar refractivity (Wildman–Crippen MR) is 105 cm³/mol. The van der Waals surface area contributed by atoms with E-state index >= 15 is 0 Å². The summed E-state index contributed by atoms with van der Waals surface area (Å²) in [4.78, 5) is 25.1. The maximum Gasteiger partial charge on any atom is 0.252 e. The molecule has 0 radical (unpaired) electrons. The number of likely N-dealkylation sites (N-methyl/N-ethyl adjacent to an activating group) is 1. The van der Waals surface area contributed by atoms with Gasteiger partial charge in [-0.1, -0.05) is 0 Å². The second-order valence-electron chi connectivity index (χ2n) is 6.64. The lowest BCUT2D eigenvalue weighted by Crippen LogP contribution is -2.41. The Morgan fingerprint density at radius 2 is 2.00 bits per heavy atom. The van der Waals surface area contributed by atoms with Gasteiger partial charge in [0.15, 0.2) is 0 Å². The van der Waals surface area contributed by atoms with Crippen molar-refractivity contribution in [3.63, 3.8) is 0 Å². The Balaban J connectivity index is 1.43. The fourth-order valence-electron chi connectivity index (χ4n) is 2.96. The molecule has 2 aromatic rings. The zero-order chi connectivity index (χ0) is 18.9. The summed E-state index contributed by atoms with van der Waals surface area (Å²) in [5.41, 5.74) is 1.83. The normalized spacial score (nSPS) is 14.7. The zero-order valence-electron chi connectivity index (χ0n) is 15.8. The molecule has 27 heavy (non-hydrogen) atoms. The maximum atomic E-state index is 12.3. The van der Waals surface area contributed by atoms with Crippen LogP contribution in [0.5, 0.6) is 0 Å². The standard InChI is InChI=1S/C20H27N5O2/c1-24(10-6-17-4-7-21-8-5-17)19-3-2-18(16-23-19)20(26)22-9-11-25-12-14-27-15-13-25/h2-5,7-8,16H,6,9-15H2,1H3,(H,22,26). The lowest BCUT2D eigenvalue weighted by molar-refractivity contribution is 0.0383. The molecule has 0 aliphatic carbocycles. The van der Waals surface area contributed by atoms with E-state index < -0.39 is 0 Å². The first-order valence-electron chi connectivity index (χ1n) is 9.37. The number of amides is 1. The molecule has 0 aromatic carbocycles. The Labute approximate surface area is 160 Å². The van der Waals surface area contributed by atoms with Crippen LogP contribution >= 0.6 is 0 Å². The molecule has 0 bridgehead atoms. The number of hydrogen-bond donors (Lipinski definition) is 1. The van der Waals surface area contributed by atoms with Crippen molar-refractivity contribution in [1.29, 1.82) is 0 Å². The number of anilines is 1. The highest BCUT2D eigenvalue weighted by Crippen LogP contribution is 2.11. The Bertz CT molecular complexity index is 702. The van der Waals surface area contributed by atoms with Gasteiger partial charge in [-0.15, -0.1) is 0 Å². The second-order valence-corrected chi connectivity index (χ2v) is 6.64. The van der Waals surface area contributed by atoms with E-state index in [0.717, 1.165) is 51.6 Å². The van der Waals surface area contributed by atoms with Gasteiger partial charge in [0, 0.05) is 58.4 Å². The average molecular weight is 369 g/mol. The van der Waals surface area contributed by atoms with Crippen LogP contribution in [0.15, 0.2) is 42.9 Å². The minimum Gasteiger partial charge on any atom is -0.379 e. The number of rotatable bonds is 8. The van der Waals surface area contributed by atoms with Gasteiger partial charge in [-0.2, -0.15) is 0 Å². The number of pyridine rings is 2. The van der Waals surface area contributed by atoms with Crippen LogP contribution < -0.4 is 10.2 Å². The molecule has 7 heteroatoms. The molecule has 1 aliphatic heterocycles. The number of morpholine rings is 1. The van der Waals surface area contributed by atoms with Crippen LogP contribution in [-0.2, 0) is 11.2 Å². The summed E-state index contributed by atoms with van der Waals surface area (Å²) in [7, 11) is 2.01. The second kappa shape index (κ2) is 9.99. The summed E-state index contributed by atoms with van der Waals surface area (Å²) < 4.78 is 5.33. The number of carbonyl (C=O) groups is 1. The van der Waals surface area contributed by atoms with Crippen LogP contribution in [0.25, 0.3) is 0 Å². The van der Waals surface area contributed by atoms with Crippen molar-refractivity contribution in [1.82, 2.24) is 20.2 Å². The molecule has 0 atom stereocenters. The molecule has 1 saturated heterocycles. The topological polar surface area (TPSA) is 70.6 Å². The first-order chi connectivity index (χ1) is 13.2. The van der Waals surface area contributed by atoms with Gasteiger partial charge >= 0.3 is 0 Å². The van der Waals surface area contributed by atoms with Crippen molar-refractivity contribution in [2.45, 2.75) is 6.42 Å². The summed E-state index contributed by atoms with van der Waals surface area (Å²) in [6.45, 7) is 5.73. The van der Waals surface area contributed by atoms with Gasteiger partial charge in [-0.25, -0.2) is 4.98 Å². The van der Waals surface area contributed by atoms with Crippen molar-refractivity contribution in [3.05, 3.63) is 54.0 Å². The van der Waals surface area contributed by atoms with Gasteiger partial charge in [0.1, 0.15) is 5.82 Å². The fraction of sp³-hybridized carbons (Fsp3) is 0.450. The van der Waals surface area contributed by atoms with E-state index in [1.165, 1.54) is 5.56 Å². The van der Waals surface area contributed by atoms with Gasteiger partial charge in [-0.3, -0.25) is 14.7 Å². The van der Waals surface area contributed by atoms with Crippen LogP contribution in [0.1, 0.15) is 15.9 Å². The summed E-state index contributed by atoms with van der Waals surface area (Å²) in [5.74, 6) is 0.774. The third-order valence-electron chi connectivity index (χ3n) is 4.70. The van der Waals surface area contributed by atoms with Crippen LogP contribution in [0.3, 0.4) is 0 Å². The first kappa shape index (κ1) is 19.3. The molecule has 3 rings (SSSR count).